The third kappa shape index (κ3) is 5.38. The van der Waals surface area contributed by atoms with Gasteiger partial charge >= 0.3 is 6.18 Å². The Bertz CT molecular complexity index is 794. The number of amides is 1. The highest BCUT2D eigenvalue weighted by atomic mass is 19.4. The molecule has 1 saturated carbocycles. The van der Waals surface area contributed by atoms with Gasteiger partial charge in [0, 0.05) is 31.0 Å². The zero-order valence-corrected chi connectivity index (χ0v) is 17.1. The van der Waals surface area contributed by atoms with Crippen molar-refractivity contribution in [3.8, 4) is 0 Å². The molecule has 162 valence electrons. The molecule has 29 heavy (non-hydrogen) atoms. The molecule has 1 aromatic heterocycles. The minimum Gasteiger partial charge on any atom is -0.353 e. The van der Waals surface area contributed by atoms with Gasteiger partial charge in [0.15, 0.2) is 0 Å². The number of hydrogen-bond acceptors (Lipinski definition) is 4. The third-order valence-corrected chi connectivity index (χ3v) is 5.96. The molecule has 1 saturated heterocycles. The first kappa shape index (κ1) is 21.8. The molecule has 1 aromatic rings. The van der Waals surface area contributed by atoms with Crippen LogP contribution in [0.3, 0.4) is 0 Å². The summed E-state index contributed by atoms with van der Waals surface area (Å²) in [6, 6.07) is 0.998. The monoisotopic (exact) mass is 414 g/mol. The Hall–Kier alpha value is -1.90. The molecule has 1 aliphatic heterocycles. The van der Waals surface area contributed by atoms with Gasteiger partial charge in [0.25, 0.3) is 5.56 Å². The van der Waals surface area contributed by atoms with Crippen molar-refractivity contribution in [2.45, 2.75) is 71.3 Å². The van der Waals surface area contributed by atoms with Gasteiger partial charge < -0.3 is 5.32 Å². The van der Waals surface area contributed by atoms with Crippen LogP contribution in [0, 0.1) is 11.8 Å². The maximum atomic E-state index is 13.3. The van der Waals surface area contributed by atoms with E-state index in [1.54, 1.807) is 0 Å². The molecule has 1 unspecified atom stereocenters. The number of halogens is 3. The lowest BCUT2D eigenvalue weighted by Gasteiger charge is -2.32. The summed E-state index contributed by atoms with van der Waals surface area (Å²) in [4.78, 5) is 26.6. The van der Waals surface area contributed by atoms with E-state index in [4.69, 9.17) is 0 Å². The van der Waals surface area contributed by atoms with Crippen molar-refractivity contribution in [1.29, 1.82) is 0 Å². The first-order chi connectivity index (χ1) is 13.6. The largest absolute Gasteiger partial charge is 0.421 e. The van der Waals surface area contributed by atoms with Gasteiger partial charge in [-0.15, -0.1) is 0 Å². The molecule has 9 heteroatoms. The Morgan fingerprint density at radius 2 is 1.83 bits per heavy atom. The second kappa shape index (κ2) is 8.45. The van der Waals surface area contributed by atoms with Gasteiger partial charge in [-0.05, 0) is 44.6 Å². The Labute approximate surface area is 168 Å². The van der Waals surface area contributed by atoms with E-state index in [0.717, 1.165) is 23.6 Å². The summed E-state index contributed by atoms with van der Waals surface area (Å²) in [5, 5.41) is 7.22. The SMILES string of the molecule is CC(C)C(C)NC(=O)C1CCN(Cn2nc(C3CC3)cc(C(F)(F)F)c2=O)CC1. The van der Waals surface area contributed by atoms with Crippen LogP contribution in [0.1, 0.15) is 63.6 Å². The lowest BCUT2D eigenvalue weighted by atomic mass is 9.95. The highest BCUT2D eigenvalue weighted by Gasteiger charge is 2.38. The number of carbonyl (C=O) groups is 1. The number of rotatable bonds is 6. The van der Waals surface area contributed by atoms with Crippen LogP contribution in [0.2, 0.25) is 0 Å². The van der Waals surface area contributed by atoms with Crippen LogP contribution in [0.25, 0.3) is 0 Å². The maximum absolute atomic E-state index is 13.3. The second-order valence-corrected chi connectivity index (χ2v) is 8.63. The van der Waals surface area contributed by atoms with Gasteiger partial charge in [0.05, 0.1) is 12.4 Å². The Morgan fingerprint density at radius 3 is 2.34 bits per heavy atom. The topological polar surface area (TPSA) is 67.2 Å². The Kier molecular flexibility index (Phi) is 6.36. The number of hydrogen-bond donors (Lipinski definition) is 1. The summed E-state index contributed by atoms with van der Waals surface area (Å²) in [6.07, 6.45) is -1.86. The van der Waals surface area contributed by atoms with Crippen LogP contribution in [0.5, 0.6) is 0 Å². The predicted molar refractivity (Wildman–Crippen MR) is 102 cm³/mol. The van der Waals surface area contributed by atoms with Crippen molar-refractivity contribution in [2.75, 3.05) is 13.1 Å². The van der Waals surface area contributed by atoms with E-state index in [0.29, 0.717) is 37.5 Å². The Balaban J connectivity index is 1.65. The predicted octanol–water partition coefficient (Wildman–Crippen LogP) is 2.97. The molecule has 0 bridgehead atoms. The second-order valence-electron chi connectivity index (χ2n) is 8.63. The van der Waals surface area contributed by atoms with Gasteiger partial charge in [-0.3, -0.25) is 14.5 Å². The van der Waals surface area contributed by atoms with Gasteiger partial charge in [-0.1, -0.05) is 13.8 Å². The summed E-state index contributed by atoms with van der Waals surface area (Å²) < 4.78 is 40.8. The fraction of sp³-hybridized carbons (Fsp3) is 0.750. The molecule has 2 aliphatic rings. The molecular formula is C20H29F3N4O2. The number of nitrogens with zero attached hydrogens (tertiary/aromatic N) is 3. The van der Waals surface area contributed by atoms with E-state index in [2.05, 4.69) is 10.4 Å². The van der Waals surface area contributed by atoms with E-state index >= 15 is 0 Å². The van der Waals surface area contributed by atoms with Crippen molar-refractivity contribution in [2.24, 2.45) is 11.8 Å². The standard InChI is InChI=1S/C20H29F3N4O2/c1-12(2)13(3)24-18(28)15-6-8-26(9-7-15)11-27-19(29)16(20(21,22)23)10-17(25-27)14-4-5-14/h10,12-15H,4-9,11H2,1-3H3,(H,24,28). The lowest BCUT2D eigenvalue weighted by Crippen LogP contribution is -2.46. The van der Waals surface area contributed by atoms with Gasteiger partial charge in [0.2, 0.25) is 5.91 Å². The molecule has 6 nitrogen and oxygen atoms in total. The van der Waals surface area contributed by atoms with Crippen molar-refractivity contribution < 1.29 is 18.0 Å². The Morgan fingerprint density at radius 1 is 1.21 bits per heavy atom. The zero-order chi connectivity index (χ0) is 21.3. The fourth-order valence-electron chi connectivity index (χ4n) is 3.47. The summed E-state index contributed by atoms with van der Waals surface area (Å²) in [6.45, 7) is 7.15. The first-order valence-corrected chi connectivity index (χ1v) is 10.3. The number of carbonyl (C=O) groups excluding carboxylic acids is 1. The van der Waals surface area contributed by atoms with E-state index in [1.807, 2.05) is 25.7 Å². The van der Waals surface area contributed by atoms with E-state index in [1.165, 1.54) is 0 Å². The van der Waals surface area contributed by atoms with Crippen LogP contribution in [0.15, 0.2) is 10.9 Å². The summed E-state index contributed by atoms with van der Waals surface area (Å²) >= 11 is 0. The molecule has 0 radical (unpaired) electrons. The van der Waals surface area contributed by atoms with Crippen LogP contribution >= 0.6 is 0 Å². The summed E-state index contributed by atoms with van der Waals surface area (Å²) in [5.74, 6) is 0.274. The van der Waals surface area contributed by atoms with Crippen LogP contribution in [-0.4, -0.2) is 39.7 Å². The lowest BCUT2D eigenvalue weighted by molar-refractivity contribution is -0.139. The van der Waals surface area contributed by atoms with Crippen molar-refractivity contribution in [3.05, 3.63) is 27.7 Å². The maximum Gasteiger partial charge on any atom is 0.421 e. The molecule has 3 rings (SSSR count). The highest BCUT2D eigenvalue weighted by Crippen LogP contribution is 2.40. The third-order valence-electron chi connectivity index (χ3n) is 5.96. The average Bonchev–Trinajstić information content (AvgIpc) is 3.48. The molecule has 1 amide bonds. The van der Waals surface area contributed by atoms with E-state index < -0.39 is 17.3 Å². The quantitative estimate of drug-likeness (QED) is 0.777. The molecule has 1 atom stereocenters. The first-order valence-electron chi connectivity index (χ1n) is 10.3. The van der Waals surface area contributed by atoms with Crippen molar-refractivity contribution >= 4 is 5.91 Å². The molecule has 0 spiro atoms. The molecular weight excluding hydrogens is 385 g/mol. The van der Waals surface area contributed by atoms with Gasteiger partial charge in [-0.25, -0.2) is 4.68 Å². The molecule has 0 aromatic carbocycles. The number of alkyl halides is 3. The molecule has 2 heterocycles. The van der Waals surface area contributed by atoms with E-state index in [-0.39, 0.29) is 30.5 Å². The number of piperidine rings is 1. The smallest absolute Gasteiger partial charge is 0.353 e. The van der Waals surface area contributed by atoms with Crippen LogP contribution < -0.4 is 10.9 Å². The number of nitrogens with one attached hydrogen (secondary N) is 1. The van der Waals surface area contributed by atoms with E-state index in [9.17, 15) is 22.8 Å². The minimum absolute atomic E-state index is 0.0131. The minimum atomic E-state index is -4.69. The number of aromatic nitrogens is 2. The van der Waals surface area contributed by atoms with Crippen molar-refractivity contribution in [3.63, 3.8) is 0 Å². The zero-order valence-electron chi connectivity index (χ0n) is 17.1. The molecule has 2 fully saturated rings. The van der Waals surface area contributed by atoms with Gasteiger partial charge in [-0.2, -0.15) is 18.3 Å². The molecule has 1 N–H and O–H groups in total. The highest BCUT2D eigenvalue weighted by molar-refractivity contribution is 5.79. The van der Waals surface area contributed by atoms with Crippen LogP contribution in [-0.2, 0) is 17.6 Å². The number of likely N-dealkylation sites (tertiary alicyclic amines) is 1. The normalized spacial score (nSPS) is 20.1. The van der Waals surface area contributed by atoms with Crippen molar-refractivity contribution in [1.82, 2.24) is 20.0 Å². The fourth-order valence-corrected chi connectivity index (χ4v) is 3.47. The summed E-state index contributed by atoms with van der Waals surface area (Å²) in [7, 11) is 0. The van der Waals surface area contributed by atoms with Gasteiger partial charge in [0.1, 0.15) is 5.56 Å². The average molecular weight is 414 g/mol. The van der Waals surface area contributed by atoms with Crippen LogP contribution in [0.4, 0.5) is 13.2 Å². The molecule has 1 aliphatic carbocycles. The summed E-state index contributed by atoms with van der Waals surface area (Å²) in [5.41, 5.74) is -1.91.